The van der Waals surface area contributed by atoms with E-state index in [0.29, 0.717) is 13.1 Å². The van der Waals surface area contributed by atoms with Crippen molar-refractivity contribution < 1.29 is 13.6 Å². The number of hydrogen-bond acceptors (Lipinski definition) is 3. The van der Waals surface area contributed by atoms with E-state index >= 15 is 0 Å². The van der Waals surface area contributed by atoms with E-state index in [0.717, 1.165) is 41.7 Å². The van der Waals surface area contributed by atoms with Crippen LogP contribution < -0.4 is 0 Å². The molecular weight excluding hydrogens is 318 g/mol. The van der Waals surface area contributed by atoms with Gasteiger partial charge < -0.3 is 4.90 Å². The van der Waals surface area contributed by atoms with Crippen LogP contribution in [0.3, 0.4) is 0 Å². The topological polar surface area (TPSA) is 33.2 Å². The zero-order valence-electron chi connectivity index (χ0n) is 12.9. The lowest BCUT2D eigenvalue weighted by molar-refractivity contribution is -0.131. The van der Waals surface area contributed by atoms with Gasteiger partial charge in [-0.3, -0.25) is 4.79 Å². The zero-order chi connectivity index (χ0) is 16.4. The van der Waals surface area contributed by atoms with Crippen LogP contribution in [0.4, 0.5) is 8.78 Å². The van der Waals surface area contributed by atoms with E-state index in [1.807, 2.05) is 12.3 Å². The third-order valence-electron chi connectivity index (χ3n) is 4.11. The molecule has 2 heterocycles. The summed E-state index contributed by atoms with van der Waals surface area (Å²) in [4.78, 5) is 18.7. The van der Waals surface area contributed by atoms with Crippen molar-refractivity contribution in [1.29, 1.82) is 0 Å². The second kappa shape index (κ2) is 6.74. The summed E-state index contributed by atoms with van der Waals surface area (Å²) in [6, 6.07) is 3.22. The normalized spacial score (nSPS) is 18.2. The Morgan fingerprint density at radius 3 is 3.00 bits per heavy atom. The molecule has 0 bridgehead atoms. The molecule has 0 radical (unpaired) electrons. The average Bonchev–Trinajstić information content (AvgIpc) is 2.97. The molecule has 1 aromatic carbocycles. The fourth-order valence-corrected chi connectivity index (χ4v) is 3.84. The maximum absolute atomic E-state index is 13.7. The van der Waals surface area contributed by atoms with Gasteiger partial charge in [-0.2, -0.15) is 0 Å². The van der Waals surface area contributed by atoms with Gasteiger partial charge in [-0.15, -0.1) is 11.3 Å². The Hall–Kier alpha value is -1.82. The molecule has 1 aromatic heterocycles. The van der Waals surface area contributed by atoms with Crippen molar-refractivity contribution in [1.82, 2.24) is 9.88 Å². The number of amides is 1. The van der Waals surface area contributed by atoms with E-state index in [-0.39, 0.29) is 23.8 Å². The number of aromatic nitrogens is 1. The average molecular weight is 336 g/mol. The van der Waals surface area contributed by atoms with Crippen LogP contribution in [0.1, 0.15) is 35.0 Å². The highest BCUT2D eigenvalue weighted by Gasteiger charge is 2.27. The molecule has 23 heavy (non-hydrogen) atoms. The number of benzene rings is 1. The van der Waals surface area contributed by atoms with Gasteiger partial charge in [-0.25, -0.2) is 13.8 Å². The zero-order valence-corrected chi connectivity index (χ0v) is 13.7. The summed E-state index contributed by atoms with van der Waals surface area (Å²) < 4.78 is 26.9. The number of halogens is 2. The van der Waals surface area contributed by atoms with E-state index in [1.54, 1.807) is 16.2 Å². The number of aryl methyl sites for hydroxylation is 1. The second-order valence-electron chi connectivity index (χ2n) is 5.92. The SMILES string of the molecule is Cc1csc([C@H]2CCCN(C(=O)Cc3cc(F)ccc3F)C2)n1. The highest BCUT2D eigenvalue weighted by atomic mass is 32.1. The molecule has 1 aliphatic heterocycles. The molecule has 3 nitrogen and oxygen atoms in total. The smallest absolute Gasteiger partial charge is 0.227 e. The number of thiazole rings is 1. The molecule has 1 aliphatic rings. The van der Waals surface area contributed by atoms with E-state index in [9.17, 15) is 13.6 Å². The number of piperidine rings is 1. The maximum atomic E-state index is 13.7. The minimum absolute atomic E-state index is 0.104. The molecule has 1 atom stereocenters. The van der Waals surface area contributed by atoms with Gasteiger partial charge in [0.05, 0.1) is 11.4 Å². The van der Waals surface area contributed by atoms with Gasteiger partial charge in [-0.1, -0.05) is 0 Å². The number of carbonyl (C=O) groups is 1. The Morgan fingerprint density at radius 2 is 2.26 bits per heavy atom. The van der Waals surface area contributed by atoms with Crippen LogP contribution in [0, 0.1) is 18.6 Å². The Morgan fingerprint density at radius 1 is 1.43 bits per heavy atom. The Bertz CT molecular complexity index is 716. The van der Waals surface area contributed by atoms with Crippen LogP contribution in [-0.2, 0) is 11.2 Å². The van der Waals surface area contributed by atoms with E-state index in [2.05, 4.69) is 4.98 Å². The van der Waals surface area contributed by atoms with Crippen LogP contribution in [0.25, 0.3) is 0 Å². The summed E-state index contributed by atoms with van der Waals surface area (Å²) in [7, 11) is 0. The van der Waals surface area contributed by atoms with Gasteiger partial charge in [0.2, 0.25) is 5.91 Å². The Kier molecular flexibility index (Phi) is 4.71. The van der Waals surface area contributed by atoms with Crippen LogP contribution in [-0.4, -0.2) is 28.9 Å². The molecule has 122 valence electrons. The highest BCUT2D eigenvalue weighted by Crippen LogP contribution is 2.29. The quantitative estimate of drug-likeness (QED) is 0.857. The van der Waals surface area contributed by atoms with Crippen molar-refractivity contribution in [2.45, 2.75) is 32.1 Å². The second-order valence-corrected chi connectivity index (χ2v) is 6.81. The molecule has 6 heteroatoms. The molecule has 3 rings (SSSR count). The van der Waals surface area contributed by atoms with Gasteiger partial charge >= 0.3 is 0 Å². The molecule has 1 saturated heterocycles. The standard InChI is InChI=1S/C17H18F2N2OS/c1-11-10-23-17(20-11)12-3-2-6-21(9-12)16(22)8-13-7-14(18)4-5-15(13)19/h4-5,7,10,12H,2-3,6,8-9H2,1H3/t12-/m0/s1. The molecule has 2 aromatic rings. The summed E-state index contributed by atoms with van der Waals surface area (Å²) in [6.45, 7) is 3.22. The fourth-order valence-electron chi connectivity index (χ4n) is 2.92. The summed E-state index contributed by atoms with van der Waals surface area (Å²) in [6.07, 6.45) is 1.80. The molecule has 1 amide bonds. The minimum Gasteiger partial charge on any atom is -0.342 e. The lowest BCUT2D eigenvalue weighted by Gasteiger charge is -2.32. The van der Waals surface area contributed by atoms with Crippen LogP contribution in [0.15, 0.2) is 23.6 Å². The number of hydrogen-bond donors (Lipinski definition) is 0. The third-order valence-corrected chi connectivity index (χ3v) is 5.23. The van der Waals surface area contributed by atoms with Gasteiger partial charge in [0.1, 0.15) is 11.6 Å². The van der Waals surface area contributed by atoms with E-state index in [1.165, 1.54) is 0 Å². The van der Waals surface area contributed by atoms with Crippen LogP contribution >= 0.6 is 11.3 Å². The first-order chi connectivity index (χ1) is 11.0. The molecule has 0 saturated carbocycles. The molecule has 0 aliphatic carbocycles. The molecule has 0 unspecified atom stereocenters. The number of likely N-dealkylation sites (tertiary alicyclic amines) is 1. The largest absolute Gasteiger partial charge is 0.342 e. The molecule has 0 spiro atoms. The third kappa shape index (κ3) is 3.75. The van der Waals surface area contributed by atoms with Crippen molar-refractivity contribution in [3.8, 4) is 0 Å². The summed E-state index contributed by atoms with van der Waals surface area (Å²) in [5.74, 6) is -0.982. The van der Waals surface area contributed by atoms with Crippen molar-refractivity contribution in [3.05, 3.63) is 51.5 Å². The summed E-state index contributed by atoms with van der Waals surface area (Å²) in [5, 5.41) is 3.06. The monoisotopic (exact) mass is 336 g/mol. The number of carbonyl (C=O) groups excluding carboxylic acids is 1. The van der Waals surface area contributed by atoms with Crippen molar-refractivity contribution >= 4 is 17.2 Å². The summed E-state index contributed by atoms with van der Waals surface area (Å²) in [5.41, 5.74) is 1.11. The first-order valence-electron chi connectivity index (χ1n) is 7.66. The molecule has 1 fully saturated rings. The lowest BCUT2D eigenvalue weighted by Crippen LogP contribution is -2.40. The van der Waals surface area contributed by atoms with Gasteiger partial charge in [0.25, 0.3) is 0 Å². The minimum atomic E-state index is -0.538. The molecule has 0 N–H and O–H groups in total. The predicted octanol–water partition coefficient (Wildman–Crippen LogP) is 3.68. The van der Waals surface area contributed by atoms with Crippen molar-refractivity contribution in [2.75, 3.05) is 13.1 Å². The van der Waals surface area contributed by atoms with Crippen molar-refractivity contribution in [3.63, 3.8) is 0 Å². The summed E-state index contributed by atoms with van der Waals surface area (Å²) >= 11 is 1.62. The Labute approximate surface area is 138 Å². The first-order valence-corrected chi connectivity index (χ1v) is 8.54. The van der Waals surface area contributed by atoms with E-state index < -0.39 is 11.6 Å². The number of rotatable bonds is 3. The van der Waals surface area contributed by atoms with Gasteiger partial charge in [0, 0.05) is 35.6 Å². The highest BCUT2D eigenvalue weighted by molar-refractivity contribution is 7.09. The van der Waals surface area contributed by atoms with Gasteiger partial charge in [0.15, 0.2) is 0 Å². The lowest BCUT2D eigenvalue weighted by atomic mass is 9.98. The first kappa shape index (κ1) is 16.1. The molecular formula is C17H18F2N2OS. The van der Waals surface area contributed by atoms with Gasteiger partial charge in [-0.05, 0) is 38.0 Å². The maximum Gasteiger partial charge on any atom is 0.227 e. The number of nitrogens with zero attached hydrogens (tertiary/aromatic N) is 2. The van der Waals surface area contributed by atoms with E-state index in [4.69, 9.17) is 0 Å². The predicted molar refractivity (Wildman–Crippen MR) is 85.5 cm³/mol. The van der Waals surface area contributed by atoms with Crippen LogP contribution in [0.5, 0.6) is 0 Å². The van der Waals surface area contributed by atoms with Crippen LogP contribution in [0.2, 0.25) is 0 Å². The fraction of sp³-hybridized carbons (Fsp3) is 0.412. The van der Waals surface area contributed by atoms with Crippen molar-refractivity contribution in [2.24, 2.45) is 0 Å². The Balaban J connectivity index is 1.68.